The SMILES string of the molecule is COC(=O)Cc1cc(=O)[nH]c(SCC(=O)N[C@H](C)c2ccccc2Cl)n1. The number of aromatic amines is 1. The van der Waals surface area contributed by atoms with Gasteiger partial charge in [0.25, 0.3) is 5.56 Å². The van der Waals surface area contributed by atoms with E-state index >= 15 is 0 Å². The lowest BCUT2D eigenvalue weighted by molar-refractivity contribution is -0.139. The number of hydrogen-bond donors (Lipinski definition) is 2. The van der Waals surface area contributed by atoms with Gasteiger partial charge in [-0.3, -0.25) is 14.4 Å². The van der Waals surface area contributed by atoms with Crippen molar-refractivity contribution in [2.24, 2.45) is 0 Å². The van der Waals surface area contributed by atoms with Crippen LogP contribution in [-0.4, -0.2) is 34.7 Å². The molecule has 0 bridgehead atoms. The molecule has 0 aliphatic rings. The number of hydrogen-bond acceptors (Lipinski definition) is 6. The Morgan fingerprint density at radius 2 is 2.12 bits per heavy atom. The highest BCUT2D eigenvalue weighted by Crippen LogP contribution is 2.22. The predicted octanol–water partition coefficient (Wildman–Crippen LogP) is 2.11. The van der Waals surface area contributed by atoms with Gasteiger partial charge in [0.2, 0.25) is 5.91 Å². The molecule has 1 aromatic carbocycles. The highest BCUT2D eigenvalue weighted by atomic mass is 35.5. The maximum Gasteiger partial charge on any atom is 0.311 e. The number of aromatic nitrogens is 2. The first-order valence-corrected chi connectivity index (χ1v) is 9.09. The maximum absolute atomic E-state index is 12.1. The summed E-state index contributed by atoms with van der Waals surface area (Å²) < 4.78 is 4.55. The first kappa shape index (κ1) is 20.0. The van der Waals surface area contributed by atoms with Crippen molar-refractivity contribution in [3.8, 4) is 0 Å². The Morgan fingerprint density at radius 1 is 1.38 bits per heavy atom. The van der Waals surface area contributed by atoms with Crippen LogP contribution in [0.3, 0.4) is 0 Å². The number of methoxy groups -OCH3 is 1. The number of halogens is 1. The van der Waals surface area contributed by atoms with Crippen LogP contribution in [-0.2, 0) is 20.7 Å². The number of nitrogens with zero attached hydrogens (tertiary/aromatic N) is 1. The molecule has 0 fully saturated rings. The van der Waals surface area contributed by atoms with E-state index in [-0.39, 0.29) is 35.0 Å². The molecule has 0 radical (unpaired) electrons. The van der Waals surface area contributed by atoms with Gasteiger partial charge in [0.15, 0.2) is 5.16 Å². The van der Waals surface area contributed by atoms with Gasteiger partial charge in [-0.05, 0) is 18.6 Å². The smallest absolute Gasteiger partial charge is 0.311 e. The van der Waals surface area contributed by atoms with Crippen molar-refractivity contribution < 1.29 is 14.3 Å². The van der Waals surface area contributed by atoms with Crippen LogP contribution >= 0.6 is 23.4 Å². The second kappa shape index (κ2) is 9.40. The van der Waals surface area contributed by atoms with E-state index in [1.165, 1.54) is 13.2 Å². The number of H-pyrrole nitrogens is 1. The Bertz CT molecular complexity index is 856. The molecule has 2 aromatic rings. The van der Waals surface area contributed by atoms with Crippen LogP contribution in [0.1, 0.15) is 24.2 Å². The topological polar surface area (TPSA) is 101 Å². The third-order valence-electron chi connectivity index (χ3n) is 3.42. The molecule has 1 heterocycles. The van der Waals surface area contributed by atoms with Crippen molar-refractivity contribution in [1.29, 1.82) is 0 Å². The van der Waals surface area contributed by atoms with Crippen molar-refractivity contribution in [2.75, 3.05) is 12.9 Å². The van der Waals surface area contributed by atoms with Crippen LogP contribution in [0.15, 0.2) is 40.3 Å². The van der Waals surface area contributed by atoms with E-state index < -0.39 is 11.5 Å². The van der Waals surface area contributed by atoms with Gasteiger partial charge >= 0.3 is 5.97 Å². The van der Waals surface area contributed by atoms with E-state index in [0.29, 0.717) is 5.02 Å². The third kappa shape index (κ3) is 5.89. The fourth-order valence-electron chi connectivity index (χ4n) is 2.18. The molecule has 1 atom stereocenters. The average molecular weight is 396 g/mol. The standard InChI is InChI=1S/C17H18ClN3O4S/c1-10(12-5-3-4-6-13(12)18)19-15(23)9-26-17-20-11(7-14(22)21-17)8-16(24)25-2/h3-7,10H,8-9H2,1-2H3,(H,19,23)(H,20,21,22)/t10-/m1/s1. The quantitative estimate of drug-likeness (QED) is 0.423. The monoisotopic (exact) mass is 395 g/mol. The van der Waals surface area contributed by atoms with Crippen LogP contribution in [0.25, 0.3) is 0 Å². The van der Waals surface area contributed by atoms with Gasteiger partial charge in [0, 0.05) is 11.1 Å². The van der Waals surface area contributed by atoms with E-state index in [1.807, 2.05) is 25.1 Å². The molecular formula is C17H18ClN3O4S. The Hall–Kier alpha value is -2.32. The predicted molar refractivity (Wildman–Crippen MR) is 99.3 cm³/mol. The molecule has 0 unspecified atom stereocenters. The number of amides is 1. The molecule has 7 nitrogen and oxygen atoms in total. The second-order valence-corrected chi connectivity index (χ2v) is 6.77. The summed E-state index contributed by atoms with van der Waals surface area (Å²) >= 11 is 7.19. The van der Waals surface area contributed by atoms with Crippen molar-refractivity contribution in [3.63, 3.8) is 0 Å². The number of carbonyl (C=O) groups excluding carboxylic acids is 2. The number of carbonyl (C=O) groups is 2. The summed E-state index contributed by atoms with van der Waals surface area (Å²) in [5, 5.41) is 3.68. The van der Waals surface area contributed by atoms with Crippen LogP contribution < -0.4 is 10.9 Å². The lowest BCUT2D eigenvalue weighted by Gasteiger charge is -2.15. The van der Waals surface area contributed by atoms with Gasteiger partial charge in [-0.2, -0.15) is 0 Å². The molecule has 1 aromatic heterocycles. The average Bonchev–Trinajstić information content (AvgIpc) is 2.59. The highest BCUT2D eigenvalue weighted by molar-refractivity contribution is 7.99. The van der Waals surface area contributed by atoms with Gasteiger partial charge in [-0.25, -0.2) is 4.98 Å². The fraction of sp³-hybridized carbons (Fsp3) is 0.294. The molecule has 1 amide bonds. The summed E-state index contributed by atoms with van der Waals surface area (Å²) in [5.41, 5.74) is 0.707. The molecule has 0 aliphatic heterocycles. The summed E-state index contributed by atoms with van der Waals surface area (Å²) in [6, 6.07) is 8.24. The minimum absolute atomic E-state index is 0.0550. The number of ether oxygens (including phenoxy) is 1. The molecule has 9 heteroatoms. The van der Waals surface area contributed by atoms with Crippen molar-refractivity contribution in [3.05, 3.63) is 57.0 Å². The summed E-state index contributed by atoms with van der Waals surface area (Å²) in [4.78, 5) is 41.8. The number of benzene rings is 1. The Labute approximate surface area is 159 Å². The number of rotatable bonds is 7. The normalized spacial score (nSPS) is 11.7. The van der Waals surface area contributed by atoms with Crippen molar-refractivity contribution in [1.82, 2.24) is 15.3 Å². The largest absolute Gasteiger partial charge is 0.469 e. The molecule has 138 valence electrons. The van der Waals surface area contributed by atoms with Gasteiger partial charge in [0.1, 0.15) is 0 Å². The molecule has 2 rings (SSSR count). The summed E-state index contributed by atoms with van der Waals surface area (Å²) in [5.74, 6) is -0.673. The van der Waals surface area contributed by atoms with E-state index in [2.05, 4.69) is 20.0 Å². The molecule has 26 heavy (non-hydrogen) atoms. The maximum atomic E-state index is 12.1. The van der Waals surface area contributed by atoms with Gasteiger partial charge in [0.05, 0.1) is 31.0 Å². The van der Waals surface area contributed by atoms with Gasteiger partial charge in [-0.15, -0.1) is 0 Å². The van der Waals surface area contributed by atoms with Gasteiger partial charge in [-0.1, -0.05) is 41.6 Å². The number of nitrogens with one attached hydrogen (secondary N) is 2. The van der Waals surface area contributed by atoms with Crippen molar-refractivity contribution >= 4 is 35.2 Å². The Kier molecular flexibility index (Phi) is 7.23. The molecule has 0 spiro atoms. The fourth-order valence-corrected chi connectivity index (χ4v) is 3.19. The Balaban J connectivity index is 1.95. The first-order valence-electron chi connectivity index (χ1n) is 7.72. The van der Waals surface area contributed by atoms with E-state index in [0.717, 1.165) is 17.3 Å². The highest BCUT2D eigenvalue weighted by Gasteiger charge is 2.14. The van der Waals surface area contributed by atoms with Crippen LogP contribution in [0, 0.1) is 0 Å². The number of esters is 1. The molecule has 0 aliphatic carbocycles. The summed E-state index contributed by atoms with van der Waals surface area (Å²) in [6.07, 6.45) is -0.107. The van der Waals surface area contributed by atoms with E-state index in [1.54, 1.807) is 6.07 Å². The first-order chi connectivity index (χ1) is 12.4. The lowest BCUT2D eigenvalue weighted by Crippen LogP contribution is -2.28. The Morgan fingerprint density at radius 3 is 2.81 bits per heavy atom. The second-order valence-electron chi connectivity index (χ2n) is 5.39. The van der Waals surface area contributed by atoms with Crippen LogP contribution in [0.2, 0.25) is 5.02 Å². The third-order valence-corrected chi connectivity index (χ3v) is 4.63. The zero-order valence-corrected chi connectivity index (χ0v) is 15.8. The molecular weight excluding hydrogens is 378 g/mol. The minimum atomic E-state index is -0.495. The lowest BCUT2D eigenvalue weighted by atomic mass is 10.1. The molecule has 2 N–H and O–H groups in total. The molecule has 0 saturated carbocycles. The zero-order valence-electron chi connectivity index (χ0n) is 14.2. The number of thioether (sulfide) groups is 1. The zero-order chi connectivity index (χ0) is 19.1. The van der Waals surface area contributed by atoms with Gasteiger partial charge < -0.3 is 15.0 Å². The summed E-state index contributed by atoms with van der Waals surface area (Å²) in [7, 11) is 1.26. The van der Waals surface area contributed by atoms with Crippen LogP contribution in [0.5, 0.6) is 0 Å². The van der Waals surface area contributed by atoms with E-state index in [4.69, 9.17) is 11.6 Å². The van der Waals surface area contributed by atoms with Crippen molar-refractivity contribution in [2.45, 2.75) is 24.5 Å². The minimum Gasteiger partial charge on any atom is -0.469 e. The summed E-state index contributed by atoms with van der Waals surface area (Å²) in [6.45, 7) is 1.83. The molecule has 0 saturated heterocycles. The van der Waals surface area contributed by atoms with E-state index in [9.17, 15) is 14.4 Å². The van der Waals surface area contributed by atoms with Crippen LogP contribution in [0.4, 0.5) is 0 Å².